The third-order valence-electron chi connectivity index (χ3n) is 5.44. The second-order valence-corrected chi connectivity index (χ2v) is 7.96. The molecule has 1 fully saturated rings. The zero-order valence-corrected chi connectivity index (χ0v) is 18.8. The van der Waals surface area contributed by atoms with E-state index in [4.69, 9.17) is 9.73 Å². The van der Waals surface area contributed by atoms with Crippen molar-refractivity contribution < 1.29 is 9.53 Å². The Morgan fingerprint density at radius 3 is 2.68 bits per heavy atom. The molecule has 0 atom stereocenters. The molecule has 1 aliphatic rings. The van der Waals surface area contributed by atoms with Gasteiger partial charge in [0.05, 0.1) is 12.6 Å². The molecule has 0 unspecified atom stereocenters. The van der Waals surface area contributed by atoms with E-state index < -0.39 is 0 Å². The second-order valence-electron chi connectivity index (χ2n) is 7.96. The molecule has 1 aliphatic carbocycles. The maximum absolute atomic E-state index is 11.9. The number of guanidine groups is 1. The van der Waals surface area contributed by atoms with Crippen LogP contribution in [-0.4, -0.2) is 31.6 Å². The second kappa shape index (κ2) is 11.4. The molecule has 0 bridgehead atoms. The van der Waals surface area contributed by atoms with Crippen LogP contribution in [0.1, 0.15) is 59.7 Å². The van der Waals surface area contributed by atoms with Crippen molar-refractivity contribution in [3.8, 4) is 5.75 Å². The zero-order chi connectivity index (χ0) is 22.1. The number of amides is 1. The lowest BCUT2D eigenvalue weighted by atomic mass is 10.1. The van der Waals surface area contributed by atoms with Crippen LogP contribution in [0.5, 0.6) is 5.75 Å². The summed E-state index contributed by atoms with van der Waals surface area (Å²) < 4.78 is 6.32. The van der Waals surface area contributed by atoms with Crippen LogP contribution in [0, 0.1) is 6.92 Å². The molecule has 31 heavy (non-hydrogen) atoms. The number of hydrogen-bond acceptors (Lipinski definition) is 3. The van der Waals surface area contributed by atoms with Gasteiger partial charge in [0.1, 0.15) is 5.75 Å². The predicted octanol–water partition coefficient (Wildman–Crippen LogP) is 3.93. The van der Waals surface area contributed by atoms with Gasteiger partial charge in [-0.2, -0.15) is 0 Å². The highest BCUT2D eigenvalue weighted by Gasteiger charge is 2.18. The fraction of sp³-hybridized carbons (Fsp3) is 0.440. The van der Waals surface area contributed by atoms with E-state index in [1.807, 2.05) is 25.1 Å². The highest BCUT2D eigenvalue weighted by Crippen LogP contribution is 2.27. The van der Waals surface area contributed by atoms with E-state index in [2.05, 4.69) is 41.1 Å². The zero-order valence-electron chi connectivity index (χ0n) is 18.8. The fourth-order valence-corrected chi connectivity index (χ4v) is 3.75. The topological polar surface area (TPSA) is 74.8 Å². The molecule has 6 nitrogen and oxygen atoms in total. The first-order valence-electron chi connectivity index (χ1n) is 11.2. The molecule has 0 heterocycles. The molecule has 0 aliphatic heterocycles. The van der Waals surface area contributed by atoms with Crippen molar-refractivity contribution in [1.82, 2.24) is 16.0 Å². The van der Waals surface area contributed by atoms with Crippen LogP contribution >= 0.6 is 0 Å². The van der Waals surface area contributed by atoms with Crippen molar-refractivity contribution in [1.29, 1.82) is 0 Å². The number of aliphatic imine (C=N–C) groups is 1. The molecule has 0 aromatic heterocycles. The van der Waals surface area contributed by atoms with Crippen LogP contribution in [0.25, 0.3) is 0 Å². The van der Waals surface area contributed by atoms with Gasteiger partial charge in [-0.15, -0.1) is 0 Å². The van der Waals surface area contributed by atoms with E-state index in [9.17, 15) is 4.79 Å². The van der Waals surface area contributed by atoms with Crippen molar-refractivity contribution in [2.75, 3.05) is 13.6 Å². The molecular formula is C25H34N4O2. The normalized spacial score (nSPS) is 14.4. The Balaban J connectivity index is 1.67. The number of carbonyl (C=O) groups is 1. The Labute approximate surface area is 185 Å². The van der Waals surface area contributed by atoms with Crippen molar-refractivity contribution in [2.45, 2.75) is 58.7 Å². The smallest absolute Gasteiger partial charge is 0.251 e. The molecule has 3 rings (SSSR count). The summed E-state index contributed by atoms with van der Waals surface area (Å²) in [5.41, 5.74) is 3.96. The van der Waals surface area contributed by atoms with Crippen molar-refractivity contribution in [2.24, 2.45) is 4.99 Å². The van der Waals surface area contributed by atoms with Crippen molar-refractivity contribution in [3.63, 3.8) is 0 Å². The average Bonchev–Trinajstić information content (AvgIpc) is 3.29. The Bertz CT molecular complexity index is 904. The third-order valence-corrected chi connectivity index (χ3v) is 5.44. The summed E-state index contributed by atoms with van der Waals surface area (Å²) in [4.78, 5) is 16.6. The first-order chi connectivity index (χ1) is 15.1. The van der Waals surface area contributed by atoms with Gasteiger partial charge in [-0.1, -0.05) is 24.3 Å². The van der Waals surface area contributed by atoms with Crippen molar-refractivity contribution >= 4 is 11.9 Å². The Morgan fingerprint density at radius 1 is 1.13 bits per heavy atom. The molecule has 3 N–H and O–H groups in total. The molecule has 2 aromatic rings. The van der Waals surface area contributed by atoms with E-state index in [0.29, 0.717) is 24.8 Å². The highest BCUT2D eigenvalue weighted by molar-refractivity contribution is 5.94. The molecule has 166 valence electrons. The van der Waals surface area contributed by atoms with Crippen LogP contribution in [0.15, 0.2) is 47.5 Å². The molecule has 1 amide bonds. The van der Waals surface area contributed by atoms with Crippen LogP contribution in [0.3, 0.4) is 0 Å². The fourth-order valence-electron chi connectivity index (χ4n) is 3.75. The largest absolute Gasteiger partial charge is 0.490 e. The highest BCUT2D eigenvalue weighted by atomic mass is 16.5. The standard InChI is InChI=1S/C25H34N4O2/c1-4-27-25(28-16-19-8-7-9-20(15-19)24(30)26-3)29-17-21-13-12-18(2)14-23(21)31-22-10-5-6-11-22/h7-9,12-15,22H,4-6,10-11,16-17H2,1-3H3,(H,26,30)(H2,27,28,29). The third kappa shape index (κ3) is 6.74. The van der Waals surface area contributed by atoms with E-state index in [-0.39, 0.29) is 5.91 Å². The first-order valence-corrected chi connectivity index (χ1v) is 11.2. The average molecular weight is 423 g/mol. The Morgan fingerprint density at radius 2 is 1.94 bits per heavy atom. The number of nitrogens with zero attached hydrogens (tertiary/aromatic N) is 1. The summed E-state index contributed by atoms with van der Waals surface area (Å²) in [6.45, 7) is 6.02. The predicted molar refractivity (Wildman–Crippen MR) is 126 cm³/mol. The van der Waals surface area contributed by atoms with Gasteiger partial charge in [0.15, 0.2) is 5.96 Å². The summed E-state index contributed by atoms with van der Waals surface area (Å²) in [6, 6.07) is 13.9. The minimum Gasteiger partial charge on any atom is -0.490 e. The van der Waals surface area contributed by atoms with Crippen LogP contribution in [0.4, 0.5) is 0 Å². The monoisotopic (exact) mass is 422 g/mol. The summed E-state index contributed by atoms with van der Waals surface area (Å²) in [5.74, 6) is 1.61. The van der Waals surface area contributed by atoms with E-state index in [0.717, 1.165) is 42.2 Å². The number of hydrogen-bond donors (Lipinski definition) is 3. The number of rotatable bonds is 8. The maximum Gasteiger partial charge on any atom is 0.251 e. The summed E-state index contributed by atoms with van der Waals surface area (Å²) in [5, 5.41) is 9.37. The molecule has 0 radical (unpaired) electrons. The molecule has 1 saturated carbocycles. The lowest BCUT2D eigenvalue weighted by molar-refractivity contribution is 0.0963. The number of nitrogens with one attached hydrogen (secondary N) is 3. The van der Waals surface area contributed by atoms with E-state index >= 15 is 0 Å². The van der Waals surface area contributed by atoms with Gasteiger partial charge in [-0.05, 0) is 68.9 Å². The van der Waals surface area contributed by atoms with Gasteiger partial charge in [0.25, 0.3) is 5.91 Å². The SMILES string of the molecule is CCNC(=NCc1cccc(C(=O)NC)c1)NCc1ccc(C)cc1OC1CCCC1. The van der Waals surface area contributed by atoms with E-state index in [1.165, 1.54) is 18.4 Å². The molecule has 0 spiro atoms. The molecule has 6 heteroatoms. The number of aryl methyl sites for hydroxylation is 1. The quantitative estimate of drug-likeness (QED) is 0.445. The van der Waals surface area contributed by atoms with Gasteiger partial charge in [0.2, 0.25) is 0 Å². The van der Waals surface area contributed by atoms with Gasteiger partial charge < -0.3 is 20.7 Å². The molecule has 0 saturated heterocycles. The van der Waals surface area contributed by atoms with Crippen LogP contribution < -0.4 is 20.7 Å². The number of carbonyl (C=O) groups excluding carboxylic acids is 1. The van der Waals surface area contributed by atoms with Gasteiger partial charge >= 0.3 is 0 Å². The summed E-state index contributed by atoms with van der Waals surface area (Å²) in [7, 11) is 1.64. The minimum atomic E-state index is -0.0926. The molecule has 2 aromatic carbocycles. The van der Waals surface area contributed by atoms with Gasteiger partial charge in [0, 0.05) is 31.3 Å². The lowest BCUT2D eigenvalue weighted by Crippen LogP contribution is -2.37. The Hall–Kier alpha value is -3.02. The summed E-state index contributed by atoms with van der Waals surface area (Å²) >= 11 is 0. The van der Waals surface area contributed by atoms with Crippen molar-refractivity contribution in [3.05, 3.63) is 64.7 Å². The van der Waals surface area contributed by atoms with E-state index in [1.54, 1.807) is 13.1 Å². The Kier molecular flexibility index (Phi) is 8.33. The van der Waals surface area contributed by atoms with Gasteiger partial charge in [-0.3, -0.25) is 4.79 Å². The van der Waals surface area contributed by atoms with Crippen LogP contribution in [-0.2, 0) is 13.1 Å². The summed E-state index contributed by atoms with van der Waals surface area (Å²) in [6.07, 6.45) is 5.11. The first kappa shape index (κ1) is 22.7. The minimum absolute atomic E-state index is 0.0926. The lowest BCUT2D eigenvalue weighted by Gasteiger charge is -2.18. The molecular weight excluding hydrogens is 388 g/mol. The maximum atomic E-state index is 11.9. The number of ether oxygens (including phenoxy) is 1. The van der Waals surface area contributed by atoms with Gasteiger partial charge in [-0.25, -0.2) is 4.99 Å². The number of benzene rings is 2. The van der Waals surface area contributed by atoms with Crippen LogP contribution in [0.2, 0.25) is 0 Å².